The number of nitro groups is 1. The number of benzene rings is 1. The van der Waals surface area contributed by atoms with Gasteiger partial charge in [0.05, 0.1) is 10.5 Å². The molecule has 1 aromatic rings. The van der Waals surface area contributed by atoms with Gasteiger partial charge in [0.25, 0.3) is 5.69 Å². The summed E-state index contributed by atoms with van der Waals surface area (Å²) < 4.78 is 0. The first-order valence-corrected chi connectivity index (χ1v) is 5.88. The largest absolute Gasteiger partial charge is 0.389 e. The Balaban J connectivity index is 2.85. The van der Waals surface area contributed by atoms with E-state index in [-0.39, 0.29) is 11.4 Å². The number of rotatable bonds is 6. The summed E-state index contributed by atoms with van der Waals surface area (Å²) in [5.41, 5.74) is 2.50. The molecule has 106 valence electrons. The Morgan fingerprint density at radius 1 is 1.53 bits per heavy atom. The molecule has 7 nitrogen and oxygen atoms in total. The molecule has 0 radical (unpaired) electrons. The fourth-order valence-corrected chi connectivity index (χ4v) is 1.98. The molecule has 0 bridgehead atoms. The molecule has 19 heavy (non-hydrogen) atoms. The second-order valence-corrected chi connectivity index (χ2v) is 5.24. The molecule has 7 heteroatoms. The highest BCUT2D eigenvalue weighted by Crippen LogP contribution is 2.25. The molecule has 0 amide bonds. The Bertz CT molecular complexity index is 457. The van der Waals surface area contributed by atoms with Crippen LogP contribution in [0.15, 0.2) is 18.2 Å². The van der Waals surface area contributed by atoms with Gasteiger partial charge in [-0.05, 0) is 32.5 Å². The summed E-state index contributed by atoms with van der Waals surface area (Å²) in [5.74, 6) is 5.23. The van der Waals surface area contributed by atoms with E-state index >= 15 is 0 Å². The van der Waals surface area contributed by atoms with E-state index in [1.54, 1.807) is 26.0 Å². The zero-order valence-electron chi connectivity index (χ0n) is 11.4. The number of nitrogens with one attached hydrogen (secondary N) is 1. The van der Waals surface area contributed by atoms with Crippen LogP contribution in [0.25, 0.3) is 0 Å². The molecule has 0 aromatic heterocycles. The molecule has 0 aliphatic heterocycles. The topological polar surface area (TPSA) is 105 Å². The van der Waals surface area contributed by atoms with Crippen LogP contribution in [-0.2, 0) is 6.54 Å². The lowest BCUT2D eigenvalue weighted by atomic mass is 10.1. The minimum atomic E-state index is -0.806. The first-order chi connectivity index (χ1) is 8.73. The van der Waals surface area contributed by atoms with Crippen LogP contribution in [0, 0.1) is 10.1 Å². The Kier molecular flexibility index (Phi) is 4.82. The first-order valence-electron chi connectivity index (χ1n) is 5.88. The van der Waals surface area contributed by atoms with Crippen LogP contribution in [-0.4, -0.2) is 34.1 Å². The van der Waals surface area contributed by atoms with Crippen molar-refractivity contribution in [2.75, 3.05) is 19.0 Å². The van der Waals surface area contributed by atoms with Crippen molar-refractivity contribution in [3.05, 3.63) is 33.9 Å². The minimum Gasteiger partial charge on any atom is -0.389 e. The summed E-state index contributed by atoms with van der Waals surface area (Å²) in [7, 11) is 1.85. The number of nitrogen functional groups attached to an aromatic ring is 1. The average molecular weight is 268 g/mol. The molecule has 1 aromatic carbocycles. The van der Waals surface area contributed by atoms with Crippen molar-refractivity contribution in [1.29, 1.82) is 0 Å². The maximum absolute atomic E-state index is 10.9. The number of likely N-dealkylation sites (N-methyl/N-ethyl adjacent to an activating group) is 1. The van der Waals surface area contributed by atoms with Gasteiger partial charge >= 0.3 is 0 Å². The van der Waals surface area contributed by atoms with E-state index in [0.717, 1.165) is 5.56 Å². The number of nitro benzene ring substituents is 1. The van der Waals surface area contributed by atoms with Gasteiger partial charge in [0, 0.05) is 19.2 Å². The normalized spacial score (nSPS) is 11.7. The monoisotopic (exact) mass is 268 g/mol. The third-order valence-electron chi connectivity index (χ3n) is 2.52. The van der Waals surface area contributed by atoms with E-state index in [9.17, 15) is 15.2 Å². The van der Waals surface area contributed by atoms with Crippen LogP contribution in [0.5, 0.6) is 0 Å². The molecule has 1 rings (SSSR count). The van der Waals surface area contributed by atoms with Gasteiger partial charge in [-0.15, -0.1) is 0 Å². The highest BCUT2D eigenvalue weighted by Gasteiger charge is 2.18. The average Bonchev–Trinajstić information content (AvgIpc) is 2.26. The smallest absolute Gasteiger partial charge is 0.293 e. The number of hydrogen-bond acceptors (Lipinski definition) is 6. The molecule has 0 spiro atoms. The molecular formula is C12H20N4O3. The zero-order chi connectivity index (χ0) is 14.6. The number of hydrazine groups is 1. The quantitative estimate of drug-likeness (QED) is 0.405. The third-order valence-corrected chi connectivity index (χ3v) is 2.52. The van der Waals surface area contributed by atoms with Gasteiger partial charge in [-0.3, -0.25) is 20.9 Å². The number of anilines is 1. The number of hydrogen-bond donors (Lipinski definition) is 3. The first kappa shape index (κ1) is 15.4. The Morgan fingerprint density at radius 3 is 2.63 bits per heavy atom. The summed E-state index contributed by atoms with van der Waals surface area (Å²) in [5, 5.41) is 20.6. The second kappa shape index (κ2) is 5.96. The van der Waals surface area contributed by atoms with E-state index in [1.807, 2.05) is 11.9 Å². The van der Waals surface area contributed by atoms with Gasteiger partial charge in [0.15, 0.2) is 0 Å². The number of nitrogens with zero attached hydrogens (tertiary/aromatic N) is 2. The van der Waals surface area contributed by atoms with E-state index in [1.165, 1.54) is 6.07 Å². The van der Waals surface area contributed by atoms with Crippen LogP contribution in [0.2, 0.25) is 0 Å². The Morgan fingerprint density at radius 2 is 2.16 bits per heavy atom. The maximum Gasteiger partial charge on any atom is 0.293 e. The molecule has 0 aliphatic carbocycles. The SMILES string of the molecule is CN(Cc1ccc(NN)c([N+](=O)[O-])c1)CC(C)(C)O. The van der Waals surface area contributed by atoms with Crippen molar-refractivity contribution in [2.45, 2.75) is 26.0 Å². The van der Waals surface area contributed by atoms with Gasteiger partial charge in [-0.25, -0.2) is 0 Å². The predicted octanol–water partition coefficient (Wildman–Crippen LogP) is 1.08. The van der Waals surface area contributed by atoms with Gasteiger partial charge in [0.1, 0.15) is 5.69 Å². The fourth-order valence-electron chi connectivity index (χ4n) is 1.98. The fraction of sp³-hybridized carbons (Fsp3) is 0.500. The molecule has 0 unspecified atom stereocenters. The van der Waals surface area contributed by atoms with Crippen molar-refractivity contribution in [2.24, 2.45) is 5.84 Å². The number of nitrogens with two attached hydrogens (primary N) is 1. The Labute approximate surface area is 112 Å². The van der Waals surface area contributed by atoms with Crippen molar-refractivity contribution in [1.82, 2.24) is 4.90 Å². The molecule has 0 saturated heterocycles. The molecule has 0 aliphatic rings. The molecule has 0 fully saturated rings. The van der Waals surface area contributed by atoms with Gasteiger partial charge in [0.2, 0.25) is 0 Å². The highest BCUT2D eigenvalue weighted by molar-refractivity contribution is 5.61. The lowest BCUT2D eigenvalue weighted by molar-refractivity contribution is -0.384. The van der Waals surface area contributed by atoms with Gasteiger partial charge in [-0.1, -0.05) is 6.07 Å². The van der Waals surface area contributed by atoms with Gasteiger partial charge in [-0.2, -0.15) is 0 Å². The number of aliphatic hydroxyl groups is 1. The lowest BCUT2D eigenvalue weighted by Crippen LogP contribution is -2.35. The Hall–Kier alpha value is -1.70. The van der Waals surface area contributed by atoms with Crippen molar-refractivity contribution < 1.29 is 10.0 Å². The van der Waals surface area contributed by atoms with Crippen LogP contribution in [0.3, 0.4) is 0 Å². The summed E-state index contributed by atoms with van der Waals surface area (Å²) in [6.07, 6.45) is 0. The van der Waals surface area contributed by atoms with Crippen molar-refractivity contribution >= 4 is 11.4 Å². The van der Waals surface area contributed by atoms with Gasteiger partial charge < -0.3 is 10.5 Å². The molecular weight excluding hydrogens is 248 g/mol. The van der Waals surface area contributed by atoms with Crippen LogP contribution < -0.4 is 11.3 Å². The van der Waals surface area contributed by atoms with Crippen molar-refractivity contribution in [3.63, 3.8) is 0 Å². The molecule has 0 atom stereocenters. The standard InChI is InChI=1S/C12H20N4O3/c1-12(2,17)8-15(3)7-9-4-5-10(14-13)11(6-9)16(18)19/h4-6,14,17H,7-8,13H2,1-3H3. The van der Waals surface area contributed by atoms with Crippen LogP contribution >= 0.6 is 0 Å². The van der Waals surface area contributed by atoms with E-state index < -0.39 is 10.5 Å². The third kappa shape index (κ3) is 4.82. The summed E-state index contributed by atoms with van der Waals surface area (Å²) in [6, 6.07) is 4.82. The summed E-state index contributed by atoms with van der Waals surface area (Å²) in [4.78, 5) is 12.3. The van der Waals surface area contributed by atoms with Crippen LogP contribution in [0.4, 0.5) is 11.4 Å². The van der Waals surface area contributed by atoms with Crippen molar-refractivity contribution in [3.8, 4) is 0 Å². The maximum atomic E-state index is 10.9. The zero-order valence-corrected chi connectivity index (χ0v) is 11.4. The summed E-state index contributed by atoms with van der Waals surface area (Å²) >= 11 is 0. The van der Waals surface area contributed by atoms with E-state index in [0.29, 0.717) is 13.1 Å². The predicted molar refractivity (Wildman–Crippen MR) is 73.5 cm³/mol. The second-order valence-electron chi connectivity index (χ2n) is 5.24. The van der Waals surface area contributed by atoms with E-state index in [2.05, 4.69) is 5.43 Å². The highest BCUT2D eigenvalue weighted by atomic mass is 16.6. The van der Waals surface area contributed by atoms with E-state index in [4.69, 9.17) is 5.84 Å². The molecule has 4 N–H and O–H groups in total. The minimum absolute atomic E-state index is 0.0586. The molecule has 0 heterocycles. The lowest BCUT2D eigenvalue weighted by Gasteiger charge is -2.25. The molecule has 0 saturated carbocycles. The van der Waals surface area contributed by atoms with Crippen LogP contribution in [0.1, 0.15) is 19.4 Å². The summed E-state index contributed by atoms with van der Waals surface area (Å²) in [6.45, 7) is 4.41.